The van der Waals surface area contributed by atoms with E-state index in [1.54, 1.807) is 24.7 Å². The van der Waals surface area contributed by atoms with Crippen LogP contribution in [0, 0.1) is 17.0 Å². The van der Waals surface area contributed by atoms with Crippen molar-refractivity contribution in [3.8, 4) is 11.3 Å². The van der Waals surface area contributed by atoms with Crippen LogP contribution in [0.4, 0.5) is 11.4 Å². The van der Waals surface area contributed by atoms with E-state index >= 15 is 0 Å². The first-order valence-corrected chi connectivity index (χ1v) is 10.4. The summed E-state index contributed by atoms with van der Waals surface area (Å²) in [5, 5.41) is 18.4. The number of rotatable bonds is 6. The van der Waals surface area contributed by atoms with Crippen molar-refractivity contribution in [1.82, 2.24) is 14.8 Å². The Morgan fingerprint density at radius 3 is 2.56 bits per heavy atom. The van der Waals surface area contributed by atoms with E-state index in [1.807, 2.05) is 30.3 Å². The number of hydrogen-bond acceptors (Lipinski definition) is 7. The highest BCUT2D eigenvalue weighted by atomic mass is 16.6. The van der Waals surface area contributed by atoms with Crippen LogP contribution in [-0.2, 0) is 16.6 Å². The molecule has 1 unspecified atom stereocenters. The second kappa shape index (κ2) is 9.10. The van der Waals surface area contributed by atoms with E-state index in [0.29, 0.717) is 22.4 Å². The summed E-state index contributed by atoms with van der Waals surface area (Å²) in [5.41, 5.74) is 2.80. The molecule has 1 amide bonds. The van der Waals surface area contributed by atoms with Gasteiger partial charge in [-0.05, 0) is 26.0 Å². The van der Waals surface area contributed by atoms with Crippen molar-refractivity contribution >= 4 is 34.3 Å². The van der Waals surface area contributed by atoms with Crippen molar-refractivity contribution in [3.05, 3.63) is 82.0 Å². The van der Waals surface area contributed by atoms with Crippen molar-refractivity contribution < 1.29 is 19.2 Å². The summed E-state index contributed by atoms with van der Waals surface area (Å²) in [6, 6.07) is 16.5. The topological polar surface area (TPSA) is 129 Å². The van der Waals surface area contributed by atoms with Gasteiger partial charge in [0, 0.05) is 30.4 Å². The summed E-state index contributed by atoms with van der Waals surface area (Å²) in [4.78, 5) is 40.8. The Hall–Kier alpha value is -4.60. The van der Waals surface area contributed by atoms with Crippen LogP contribution in [0.5, 0.6) is 0 Å². The molecule has 0 spiro atoms. The number of ether oxygens (including phenoxy) is 1. The van der Waals surface area contributed by atoms with Gasteiger partial charge in [-0.1, -0.05) is 36.4 Å². The smallest absolute Gasteiger partial charge is 0.339 e. The second-order valence-electron chi connectivity index (χ2n) is 7.67. The molecule has 10 heteroatoms. The van der Waals surface area contributed by atoms with E-state index in [9.17, 15) is 19.7 Å². The maximum atomic E-state index is 13.2. The Bertz CT molecular complexity index is 1410. The third kappa shape index (κ3) is 4.46. The molecule has 172 valence electrons. The van der Waals surface area contributed by atoms with Gasteiger partial charge in [-0.3, -0.25) is 19.6 Å². The van der Waals surface area contributed by atoms with E-state index in [2.05, 4.69) is 15.4 Å². The van der Waals surface area contributed by atoms with Gasteiger partial charge in [0.15, 0.2) is 11.8 Å². The Morgan fingerprint density at radius 2 is 1.85 bits per heavy atom. The van der Waals surface area contributed by atoms with Crippen molar-refractivity contribution in [2.75, 3.05) is 5.32 Å². The van der Waals surface area contributed by atoms with E-state index in [4.69, 9.17) is 4.74 Å². The van der Waals surface area contributed by atoms with Gasteiger partial charge in [0.05, 0.1) is 27.3 Å². The van der Waals surface area contributed by atoms with E-state index < -0.39 is 22.9 Å². The first kappa shape index (κ1) is 22.6. The molecule has 2 heterocycles. The number of nitro groups is 1. The Balaban J connectivity index is 1.61. The number of esters is 1. The van der Waals surface area contributed by atoms with Gasteiger partial charge in [-0.15, -0.1) is 0 Å². The first-order valence-electron chi connectivity index (χ1n) is 10.4. The number of fused-ring (bicyclic) bond motifs is 1. The average molecular weight is 459 g/mol. The molecule has 2 aromatic heterocycles. The minimum atomic E-state index is -1.16. The fourth-order valence-electron chi connectivity index (χ4n) is 3.58. The van der Waals surface area contributed by atoms with Crippen LogP contribution >= 0.6 is 0 Å². The number of aryl methyl sites for hydroxylation is 2. The molecule has 1 atom stereocenters. The van der Waals surface area contributed by atoms with Gasteiger partial charge in [0.2, 0.25) is 0 Å². The molecule has 0 aliphatic heterocycles. The second-order valence-corrected chi connectivity index (χ2v) is 7.67. The first-order chi connectivity index (χ1) is 16.2. The zero-order valence-electron chi connectivity index (χ0n) is 18.7. The van der Waals surface area contributed by atoms with Crippen LogP contribution in [0.1, 0.15) is 23.0 Å². The number of carbonyl (C=O) groups is 2. The lowest BCUT2D eigenvalue weighted by Crippen LogP contribution is -2.30. The van der Waals surface area contributed by atoms with Crippen LogP contribution in [-0.4, -0.2) is 37.7 Å². The third-order valence-corrected chi connectivity index (χ3v) is 5.24. The summed E-state index contributed by atoms with van der Waals surface area (Å²) in [6.45, 7) is 3.19. The molecule has 10 nitrogen and oxygen atoms in total. The van der Waals surface area contributed by atoms with E-state index in [0.717, 1.165) is 5.56 Å². The van der Waals surface area contributed by atoms with Gasteiger partial charge < -0.3 is 10.1 Å². The number of benzene rings is 2. The van der Waals surface area contributed by atoms with Crippen molar-refractivity contribution in [1.29, 1.82) is 0 Å². The molecule has 0 bridgehead atoms. The zero-order chi connectivity index (χ0) is 24.4. The van der Waals surface area contributed by atoms with Gasteiger partial charge in [-0.25, -0.2) is 9.78 Å². The molecule has 0 fully saturated rings. The quantitative estimate of drug-likeness (QED) is 0.262. The zero-order valence-corrected chi connectivity index (χ0v) is 18.7. The molecule has 0 aliphatic rings. The standard InChI is InChI=1S/C24H21N5O5/c1-14-21-19(13-20(16-8-5-4-6-9-16)26-22(21)28(3)27-14)24(31)34-15(2)23(30)25-17-10-7-11-18(12-17)29(32)33/h4-13,15H,1-3H3,(H,25,30). The summed E-state index contributed by atoms with van der Waals surface area (Å²) in [5.74, 6) is -1.33. The summed E-state index contributed by atoms with van der Waals surface area (Å²) in [7, 11) is 1.74. The average Bonchev–Trinajstić information content (AvgIpc) is 3.12. The molecular formula is C24H21N5O5. The number of aromatic nitrogens is 3. The highest BCUT2D eigenvalue weighted by molar-refractivity contribution is 6.06. The minimum absolute atomic E-state index is 0.165. The number of hydrogen-bond donors (Lipinski definition) is 1. The minimum Gasteiger partial charge on any atom is -0.449 e. The fourth-order valence-corrected chi connectivity index (χ4v) is 3.58. The lowest BCUT2D eigenvalue weighted by Gasteiger charge is -2.14. The number of anilines is 1. The SMILES string of the molecule is Cc1nn(C)c2nc(-c3ccccc3)cc(C(=O)OC(C)C(=O)Nc3cccc([N+](=O)[O-])c3)c12. The molecule has 4 aromatic rings. The van der Waals surface area contributed by atoms with Crippen molar-refractivity contribution in [3.63, 3.8) is 0 Å². The number of nitrogens with one attached hydrogen (secondary N) is 1. The number of carbonyl (C=O) groups excluding carboxylic acids is 2. The fraction of sp³-hybridized carbons (Fsp3) is 0.167. The van der Waals surface area contributed by atoms with Crippen LogP contribution in [0.3, 0.4) is 0 Å². The largest absolute Gasteiger partial charge is 0.449 e. The van der Waals surface area contributed by atoms with Crippen molar-refractivity contribution in [2.24, 2.45) is 7.05 Å². The summed E-state index contributed by atoms with van der Waals surface area (Å²) in [6.07, 6.45) is -1.16. The molecule has 0 saturated carbocycles. The van der Waals surface area contributed by atoms with Crippen LogP contribution in [0.15, 0.2) is 60.7 Å². The molecule has 2 aromatic carbocycles. The normalized spacial score (nSPS) is 11.7. The number of nitro benzene ring substituents is 1. The predicted octanol–water partition coefficient (Wildman–Crippen LogP) is 4.04. The van der Waals surface area contributed by atoms with Crippen molar-refractivity contribution in [2.45, 2.75) is 20.0 Å². The molecule has 0 saturated heterocycles. The Labute approximate surface area is 194 Å². The molecule has 0 aliphatic carbocycles. The van der Waals surface area contributed by atoms with Gasteiger partial charge in [0.1, 0.15) is 0 Å². The number of non-ortho nitro benzene ring substituents is 1. The summed E-state index contributed by atoms with van der Waals surface area (Å²) >= 11 is 0. The molecule has 0 radical (unpaired) electrons. The molecule has 34 heavy (non-hydrogen) atoms. The third-order valence-electron chi connectivity index (χ3n) is 5.24. The number of amides is 1. The highest BCUT2D eigenvalue weighted by Crippen LogP contribution is 2.27. The molecular weight excluding hydrogens is 438 g/mol. The van der Waals surface area contributed by atoms with Crippen LogP contribution in [0.2, 0.25) is 0 Å². The lowest BCUT2D eigenvalue weighted by molar-refractivity contribution is -0.384. The highest BCUT2D eigenvalue weighted by Gasteiger charge is 2.24. The van der Waals surface area contributed by atoms with Crippen LogP contribution in [0.25, 0.3) is 22.3 Å². The number of pyridine rings is 1. The summed E-state index contributed by atoms with van der Waals surface area (Å²) < 4.78 is 7.05. The Kier molecular flexibility index (Phi) is 6.05. The van der Waals surface area contributed by atoms with E-state index in [1.165, 1.54) is 31.2 Å². The van der Waals surface area contributed by atoms with Gasteiger partial charge >= 0.3 is 5.97 Å². The van der Waals surface area contributed by atoms with Gasteiger partial charge in [0.25, 0.3) is 11.6 Å². The van der Waals surface area contributed by atoms with Gasteiger partial charge in [-0.2, -0.15) is 5.10 Å². The maximum Gasteiger partial charge on any atom is 0.339 e. The predicted molar refractivity (Wildman–Crippen MR) is 125 cm³/mol. The Morgan fingerprint density at radius 1 is 1.12 bits per heavy atom. The molecule has 1 N–H and O–H groups in total. The maximum absolute atomic E-state index is 13.2. The number of nitrogens with zero attached hydrogens (tertiary/aromatic N) is 4. The monoisotopic (exact) mass is 459 g/mol. The molecule has 4 rings (SSSR count). The van der Waals surface area contributed by atoms with Crippen LogP contribution < -0.4 is 5.32 Å². The lowest BCUT2D eigenvalue weighted by atomic mass is 10.1. The van der Waals surface area contributed by atoms with E-state index in [-0.39, 0.29) is 16.9 Å².